The molecule has 1 aliphatic carbocycles. The van der Waals surface area contributed by atoms with E-state index in [2.05, 4.69) is 4.74 Å². The molecule has 0 amide bonds. The monoisotopic (exact) mass is 1060 g/mol. The smallest absolute Gasteiger partial charge is 0.337 e. The summed E-state index contributed by atoms with van der Waals surface area (Å²) < 4.78 is 16.8. The summed E-state index contributed by atoms with van der Waals surface area (Å²) in [6.45, 7) is 7.18. The Morgan fingerprint density at radius 1 is 1.00 bits per heavy atom. The van der Waals surface area contributed by atoms with Crippen molar-refractivity contribution in [1.82, 2.24) is 0 Å². The minimum Gasteiger partial charge on any atom is -0.479 e. The number of aliphatic hydroxyl groups is 3. The Hall–Kier alpha value is 3.06. The number of methoxy groups -OCH3 is 1. The third-order valence-corrected chi connectivity index (χ3v) is 5.81. The summed E-state index contributed by atoms with van der Waals surface area (Å²) in [6, 6.07) is 0. The van der Waals surface area contributed by atoms with E-state index >= 15 is 0 Å². The molecule has 159 valence electrons. The predicted octanol–water partition coefficient (Wildman–Crippen LogP) is -0.552. The van der Waals surface area contributed by atoms with Gasteiger partial charge in [0.05, 0.1) is 36.6 Å². The van der Waals surface area contributed by atoms with Crippen molar-refractivity contribution in [3.63, 3.8) is 0 Å². The van der Waals surface area contributed by atoms with Crippen LogP contribution in [0.5, 0.6) is 0 Å². The van der Waals surface area contributed by atoms with Gasteiger partial charge in [0, 0.05) is 145 Å². The summed E-state index contributed by atoms with van der Waals surface area (Å²) >= 11 is 0. The van der Waals surface area contributed by atoms with E-state index in [9.17, 15) is 24.9 Å². The summed E-state index contributed by atoms with van der Waals surface area (Å²) in [5, 5.41) is 40.0. The molecular formula is C17H28Ac3O9. The van der Waals surface area contributed by atoms with Gasteiger partial charge in [-0.05, 0) is 34.1 Å². The number of carbonyl (C=O) groups is 2. The van der Waals surface area contributed by atoms with Gasteiger partial charge in [0.25, 0.3) is 0 Å². The molecule has 1 aliphatic heterocycles. The van der Waals surface area contributed by atoms with Gasteiger partial charge in [-0.1, -0.05) is 0 Å². The van der Waals surface area contributed by atoms with Crippen LogP contribution in [-0.2, 0) is 23.8 Å². The van der Waals surface area contributed by atoms with Crippen LogP contribution in [0.1, 0.15) is 40.5 Å². The molecule has 1 saturated carbocycles. The van der Waals surface area contributed by atoms with Gasteiger partial charge in [0.15, 0.2) is 11.7 Å². The molecule has 2 aliphatic rings. The third kappa shape index (κ3) is 7.27. The summed E-state index contributed by atoms with van der Waals surface area (Å²) in [6.07, 6.45) is -5.93. The Bertz CT molecular complexity index is 586. The molecule has 0 spiro atoms. The Labute approximate surface area is 278 Å². The van der Waals surface area contributed by atoms with Crippen molar-refractivity contribution >= 4 is 11.9 Å². The van der Waals surface area contributed by atoms with Gasteiger partial charge in [-0.2, -0.15) is 0 Å². The van der Waals surface area contributed by atoms with E-state index < -0.39 is 59.1 Å². The average molecular weight is 1060 g/mol. The van der Waals surface area contributed by atoms with Crippen molar-refractivity contribution < 1.29 is 176 Å². The van der Waals surface area contributed by atoms with Crippen molar-refractivity contribution in [1.29, 1.82) is 0 Å². The van der Waals surface area contributed by atoms with E-state index in [0.29, 0.717) is 0 Å². The fourth-order valence-electron chi connectivity index (χ4n) is 3.64. The molecule has 9 nitrogen and oxygen atoms in total. The van der Waals surface area contributed by atoms with E-state index in [1.807, 2.05) is 0 Å². The number of hydrogen-bond donors (Lipinski definition) is 4. The standard InChI is InChI=1S/C17H28O9.3Ac/c1-15(2)16(3,4)26-12-8(10(18)11(19)13(20)21)6-17(23,14(22)24-5)7-9(12)25-15;;;/h8-12,18-19,23H,6-7H2,1-5H3,(H,20,21);;;/t8-,9+,10?,11?,12+,17-;;;/m0.../s1. The van der Waals surface area contributed by atoms with Crippen LogP contribution in [0.2, 0.25) is 0 Å². The Kier molecular flexibility index (Phi) is 15.0. The summed E-state index contributed by atoms with van der Waals surface area (Å²) in [5.74, 6) is -3.58. The summed E-state index contributed by atoms with van der Waals surface area (Å²) in [5.41, 5.74) is -3.55. The van der Waals surface area contributed by atoms with Crippen LogP contribution in [0.25, 0.3) is 0 Å². The number of hydrogen-bond acceptors (Lipinski definition) is 8. The first kappa shape index (κ1) is 34.2. The van der Waals surface area contributed by atoms with Crippen LogP contribution in [0, 0.1) is 138 Å². The Morgan fingerprint density at radius 2 is 1.48 bits per heavy atom. The van der Waals surface area contributed by atoms with E-state index in [1.165, 1.54) is 0 Å². The Balaban J connectivity index is 0. The van der Waals surface area contributed by atoms with Crippen LogP contribution in [0.4, 0.5) is 0 Å². The largest absolute Gasteiger partial charge is 0.479 e. The van der Waals surface area contributed by atoms with Crippen molar-refractivity contribution in [3.05, 3.63) is 0 Å². The zero-order valence-corrected chi connectivity index (χ0v) is 31.6. The fraction of sp³-hybridized carbons (Fsp3) is 0.882. The average Bonchev–Trinajstić information content (AvgIpc) is 2.53. The first-order valence-electron chi connectivity index (χ1n) is 8.51. The van der Waals surface area contributed by atoms with Gasteiger partial charge in [-0.3, -0.25) is 0 Å². The van der Waals surface area contributed by atoms with Gasteiger partial charge in [-0.25, -0.2) is 9.59 Å². The van der Waals surface area contributed by atoms with Crippen LogP contribution in [0.3, 0.4) is 0 Å². The summed E-state index contributed by atoms with van der Waals surface area (Å²) in [7, 11) is 1.12. The van der Waals surface area contributed by atoms with Crippen molar-refractivity contribution in [2.75, 3.05) is 7.11 Å². The topological polar surface area (TPSA) is 143 Å². The summed E-state index contributed by atoms with van der Waals surface area (Å²) in [4.78, 5) is 23.2. The number of carboxylic acids is 1. The van der Waals surface area contributed by atoms with E-state index in [4.69, 9.17) is 14.6 Å². The van der Waals surface area contributed by atoms with Crippen LogP contribution >= 0.6 is 0 Å². The number of carboxylic acid groups (broad SMARTS) is 1. The molecule has 12 heteroatoms. The molecular weight excluding hydrogens is 1030 g/mol. The van der Waals surface area contributed by atoms with Crippen LogP contribution in [-0.4, -0.2) is 80.7 Å². The minimum atomic E-state index is -2.10. The molecule has 29 heavy (non-hydrogen) atoms. The number of rotatable bonds is 4. The number of fused-ring (bicyclic) bond motifs is 1. The molecule has 0 aromatic heterocycles. The third-order valence-electron chi connectivity index (χ3n) is 5.81. The molecule has 2 fully saturated rings. The number of carbonyl (C=O) groups excluding carboxylic acids is 1. The van der Waals surface area contributed by atoms with Crippen molar-refractivity contribution in [2.24, 2.45) is 5.92 Å². The quantitative estimate of drug-likeness (QED) is 0.273. The van der Waals surface area contributed by atoms with E-state index in [1.54, 1.807) is 27.7 Å². The Morgan fingerprint density at radius 3 is 1.93 bits per heavy atom. The van der Waals surface area contributed by atoms with Crippen LogP contribution in [0.15, 0.2) is 0 Å². The second kappa shape index (κ2) is 12.7. The van der Waals surface area contributed by atoms with Crippen LogP contribution < -0.4 is 0 Å². The SMILES string of the molecule is COC(=O)[C@@]1(O)C[C@H]2OC(C)(C)C(C)(C)O[C@@H]2[C@H](C(O)C(O)C(=O)O)C1.[Ac].[Ac].[Ac]. The van der Waals surface area contributed by atoms with E-state index in [0.717, 1.165) is 7.11 Å². The first-order valence-corrected chi connectivity index (χ1v) is 8.51. The van der Waals surface area contributed by atoms with Crippen molar-refractivity contribution in [2.45, 2.75) is 81.8 Å². The van der Waals surface area contributed by atoms with Gasteiger partial charge in [0.1, 0.15) is 0 Å². The second-order valence-electron chi connectivity index (χ2n) is 8.13. The maximum atomic E-state index is 12.1. The van der Waals surface area contributed by atoms with Crippen molar-refractivity contribution in [3.8, 4) is 0 Å². The zero-order chi connectivity index (χ0) is 20.1. The molecule has 0 aromatic rings. The molecule has 1 heterocycles. The minimum absolute atomic E-state index is 0. The molecule has 6 atom stereocenters. The number of ether oxygens (including phenoxy) is 3. The second-order valence-corrected chi connectivity index (χ2v) is 8.13. The zero-order valence-electron chi connectivity index (χ0n) is 17.4. The normalized spacial score (nSPS) is 34.0. The predicted molar refractivity (Wildman–Crippen MR) is 87.2 cm³/mol. The van der Waals surface area contributed by atoms with E-state index in [-0.39, 0.29) is 145 Å². The fourth-order valence-corrected chi connectivity index (χ4v) is 3.64. The molecule has 3 radical (unpaired) electrons. The van der Waals surface area contributed by atoms with Gasteiger partial charge in [-0.15, -0.1) is 0 Å². The molecule has 1 saturated heterocycles. The first-order chi connectivity index (χ1) is 11.8. The van der Waals surface area contributed by atoms with Gasteiger partial charge < -0.3 is 34.6 Å². The molecule has 4 N–H and O–H groups in total. The molecule has 0 aromatic carbocycles. The number of aliphatic carboxylic acids is 1. The molecule has 2 rings (SSSR count). The maximum Gasteiger partial charge on any atom is 0.337 e. The molecule has 0 bridgehead atoms. The van der Waals surface area contributed by atoms with Gasteiger partial charge >= 0.3 is 11.9 Å². The molecule has 2 unspecified atom stereocenters. The number of esters is 1. The maximum absolute atomic E-state index is 12.1. The van der Waals surface area contributed by atoms with Gasteiger partial charge in [0.2, 0.25) is 0 Å². The number of aliphatic hydroxyl groups excluding tert-OH is 2.